The van der Waals surface area contributed by atoms with E-state index in [0.29, 0.717) is 17.4 Å². The molecule has 9 nitrogen and oxygen atoms in total. The number of aromatic nitrogens is 2. The first-order chi connectivity index (χ1) is 17.8. The van der Waals surface area contributed by atoms with Crippen LogP contribution < -0.4 is 15.8 Å². The van der Waals surface area contributed by atoms with E-state index in [9.17, 15) is 19.2 Å². The number of para-hydroxylation sites is 1. The minimum Gasteiger partial charge on any atom is -0.336 e. The summed E-state index contributed by atoms with van der Waals surface area (Å²) in [5.74, 6) is -1.19. The number of benzene rings is 2. The SMILES string of the molecule is C=C(NC(=O)C(=C)n1cnc2c(-c3ccc4c(c3)CCN4C(C)=O)cccc2c1=O)C(=O)N(C)C(C)(C)C. The summed E-state index contributed by atoms with van der Waals surface area (Å²) in [5, 5.41) is 2.75. The van der Waals surface area contributed by atoms with Crippen LogP contribution >= 0.6 is 0 Å². The fourth-order valence-electron chi connectivity index (χ4n) is 4.35. The minimum atomic E-state index is -0.737. The van der Waals surface area contributed by atoms with Crippen molar-refractivity contribution in [3.05, 3.63) is 77.5 Å². The topological polar surface area (TPSA) is 105 Å². The highest BCUT2D eigenvalue weighted by atomic mass is 16.2. The first-order valence-electron chi connectivity index (χ1n) is 12.2. The average molecular weight is 514 g/mol. The van der Waals surface area contributed by atoms with Gasteiger partial charge in [-0.05, 0) is 56.5 Å². The van der Waals surface area contributed by atoms with Crippen molar-refractivity contribution in [2.45, 2.75) is 39.7 Å². The highest BCUT2D eigenvalue weighted by Gasteiger charge is 2.26. The van der Waals surface area contributed by atoms with Crippen LogP contribution in [0.25, 0.3) is 27.7 Å². The van der Waals surface area contributed by atoms with Crippen molar-refractivity contribution in [3.63, 3.8) is 0 Å². The van der Waals surface area contributed by atoms with E-state index in [0.717, 1.165) is 33.4 Å². The highest BCUT2D eigenvalue weighted by molar-refractivity contribution is 6.15. The molecule has 0 saturated carbocycles. The second-order valence-corrected chi connectivity index (χ2v) is 10.3. The van der Waals surface area contributed by atoms with Gasteiger partial charge in [-0.1, -0.05) is 31.4 Å². The van der Waals surface area contributed by atoms with Crippen molar-refractivity contribution in [3.8, 4) is 11.1 Å². The summed E-state index contributed by atoms with van der Waals surface area (Å²) in [6, 6.07) is 11.1. The summed E-state index contributed by atoms with van der Waals surface area (Å²) in [4.78, 5) is 58.4. The predicted molar refractivity (Wildman–Crippen MR) is 148 cm³/mol. The zero-order chi connectivity index (χ0) is 27.9. The van der Waals surface area contributed by atoms with Gasteiger partial charge in [0.1, 0.15) is 12.0 Å². The van der Waals surface area contributed by atoms with E-state index in [2.05, 4.69) is 23.5 Å². The van der Waals surface area contributed by atoms with Gasteiger partial charge in [0.25, 0.3) is 17.4 Å². The van der Waals surface area contributed by atoms with Crippen molar-refractivity contribution in [1.82, 2.24) is 19.8 Å². The molecule has 0 saturated heterocycles. The van der Waals surface area contributed by atoms with Crippen molar-refractivity contribution >= 4 is 40.0 Å². The van der Waals surface area contributed by atoms with Gasteiger partial charge in [0.2, 0.25) is 5.91 Å². The molecule has 0 bridgehead atoms. The van der Waals surface area contributed by atoms with Gasteiger partial charge in [-0.3, -0.25) is 23.7 Å². The summed E-state index contributed by atoms with van der Waals surface area (Å²) in [7, 11) is 1.62. The first kappa shape index (κ1) is 26.5. The van der Waals surface area contributed by atoms with E-state index in [1.165, 1.54) is 11.2 Å². The molecule has 4 rings (SSSR count). The average Bonchev–Trinajstić information content (AvgIpc) is 3.30. The van der Waals surface area contributed by atoms with Gasteiger partial charge in [-0.2, -0.15) is 0 Å². The molecular formula is C29H31N5O4. The molecule has 1 aliphatic rings. The number of hydrogen-bond acceptors (Lipinski definition) is 5. The molecule has 1 aromatic heterocycles. The monoisotopic (exact) mass is 513 g/mol. The maximum absolute atomic E-state index is 13.4. The van der Waals surface area contributed by atoms with Crippen LogP contribution in [0.4, 0.5) is 5.69 Å². The van der Waals surface area contributed by atoms with E-state index in [4.69, 9.17) is 0 Å². The number of likely N-dealkylation sites (N-methyl/N-ethyl adjacent to an activating group) is 1. The molecule has 0 fully saturated rings. The van der Waals surface area contributed by atoms with Crippen LogP contribution in [0.2, 0.25) is 0 Å². The molecule has 0 radical (unpaired) electrons. The maximum Gasteiger partial charge on any atom is 0.272 e. The van der Waals surface area contributed by atoms with Gasteiger partial charge in [0, 0.05) is 37.3 Å². The van der Waals surface area contributed by atoms with Crippen molar-refractivity contribution < 1.29 is 14.4 Å². The fraction of sp³-hybridized carbons (Fsp3) is 0.276. The number of nitrogens with zero attached hydrogens (tertiary/aromatic N) is 4. The second kappa shape index (κ2) is 9.74. The van der Waals surface area contributed by atoms with Gasteiger partial charge >= 0.3 is 0 Å². The van der Waals surface area contributed by atoms with Crippen LogP contribution in [-0.2, 0) is 20.8 Å². The van der Waals surface area contributed by atoms with Crippen LogP contribution in [0, 0.1) is 0 Å². The van der Waals surface area contributed by atoms with E-state index in [1.807, 2.05) is 45.0 Å². The number of carbonyl (C=O) groups excluding carboxylic acids is 3. The quantitative estimate of drug-likeness (QED) is 0.527. The molecule has 9 heteroatoms. The van der Waals surface area contributed by atoms with E-state index in [-0.39, 0.29) is 17.3 Å². The number of rotatable bonds is 5. The van der Waals surface area contributed by atoms with Crippen LogP contribution in [-0.4, -0.2) is 51.3 Å². The number of nitrogens with one attached hydrogen (secondary N) is 1. The Balaban J connectivity index is 1.63. The van der Waals surface area contributed by atoms with Crippen LogP contribution in [0.15, 0.2) is 66.4 Å². The molecule has 0 unspecified atom stereocenters. The van der Waals surface area contributed by atoms with E-state index < -0.39 is 22.9 Å². The summed E-state index contributed by atoms with van der Waals surface area (Å²) < 4.78 is 1.06. The Labute approximate surface area is 221 Å². The van der Waals surface area contributed by atoms with Crippen molar-refractivity contribution in [2.75, 3.05) is 18.5 Å². The first-order valence-corrected chi connectivity index (χ1v) is 12.2. The van der Waals surface area contributed by atoms with Crippen LogP contribution in [0.5, 0.6) is 0 Å². The zero-order valence-corrected chi connectivity index (χ0v) is 22.3. The lowest BCUT2D eigenvalue weighted by atomic mass is 9.99. The molecule has 1 N–H and O–H groups in total. The molecule has 2 heterocycles. The minimum absolute atomic E-state index is 0.00214. The normalized spacial score (nSPS) is 12.7. The number of carbonyl (C=O) groups is 3. The summed E-state index contributed by atoms with van der Waals surface area (Å²) in [5.41, 5.74) is 2.81. The molecule has 0 aliphatic carbocycles. The van der Waals surface area contributed by atoms with Gasteiger partial charge in [-0.25, -0.2) is 4.98 Å². The van der Waals surface area contributed by atoms with Crippen LogP contribution in [0.1, 0.15) is 33.3 Å². The molecule has 2 aromatic carbocycles. The Bertz CT molecular complexity index is 1580. The molecule has 0 atom stereocenters. The van der Waals surface area contributed by atoms with Gasteiger partial charge in [0.15, 0.2) is 0 Å². The summed E-state index contributed by atoms with van der Waals surface area (Å²) in [6.45, 7) is 15.2. The molecule has 0 spiro atoms. The third kappa shape index (κ3) is 4.74. The van der Waals surface area contributed by atoms with E-state index in [1.54, 1.807) is 31.0 Å². The standard InChI is InChI=1S/C29H31N5O4/c1-17(27(37)32(7)29(4,5)6)31-26(36)18(2)34-16-30-25-22(9-8-10-23(25)28(34)38)20-11-12-24-21(15-20)13-14-33(24)19(3)35/h8-12,15-16H,1-2,13-14H2,3-7H3,(H,31,36). The largest absolute Gasteiger partial charge is 0.336 e. The number of amides is 3. The zero-order valence-electron chi connectivity index (χ0n) is 22.3. The van der Waals surface area contributed by atoms with Crippen LogP contribution in [0.3, 0.4) is 0 Å². The molecule has 196 valence electrons. The Hall–Kier alpha value is -4.53. The van der Waals surface area contributed by atoms with Gasteiger partial charge in [-0.15, -0.1) is 0 Å². The summed E-state index contributed by atoms with van der Waals surface area (Å²) in [6.07, 6.45) is 2.01. The summed E-state index contributed by atoms with van der Waals surface area (Å²) >= 11 is 0. The molecule has 1 aliphatic heterocycles. The van der Waals surface area contributed by atoms with Crippen molar-refractivity contribution in [2.24, 2.45) is 0 Å². The third-order valence-corrected chi connectivity index (χ3v) is 6.84. The third-order valence-electron chi connectivity index (χ3n) is 6.84. The lowest BCUT2D eigenvalue weighted by Crippen LogP contribution is -2.46. The molecule has 3 amide bonds. The Morgan fingerprint density at radius 1 is 1.11 bits per heavy atom. The number of anilines is 1. The smallest absolute Gasteiger partial charge is 0.272 e. The van der Waals surface area contributed by atoms with E-state index >= 15 is 0 Å². The van der Waals surface area contributed by atoms with Gasteiger partial charge < -0.3 is 15.1 Å². The fourth-order valence-corrected chi connectivity index (χ4v) is 4.35. The van der Waals surface area contributed by atoms with Gasteiger partial charge in [0.05, 0.1) is 16.6 Å². The predicted octanol–water partition coefficient (Wildman–Crippen LogP) is 3.33. The Morgan fingerprint density at radius 3 is 2.47 bits per heavy atom. The molecule has 3 aromatic rings. The number of fused-ring (bicyclic) bond motifs is 2. The Morgan fingerprint density at radius 2 is 1.82 bits per heavy atom. The second-order valence-electron chi connectivity index (χ2n) is 10.3. The lowest BCUT2D eigenvalue weighted by Gasteiger charge is -2.32. The van der Waals surface area contributed by atoms with Crippen molar-refractivity contribution in [1.29, 1.82) is 0 Å². The Kier molecular flexibility index (Phi) is 6.80. The number of hydrogen-bond donors (Lipinski definition) is 1. The maximum atomic E-state index is 13.4. The molecule has 38 heavy (non-hydrogen) atoms. The molecular weight excluding hydrogens is 482 g/mol. The lowest BCUT2D eigenvalue weighted by molar-refractivity contribution is -0.131. The highest BCUT2D eigenvalue weighted by Crippen LogP contribution is 2.34.